The van der Waals surface area contributed by atoms with E-state index in [1.165, 1.54) is 46.1 Å². The van der Waals surface area contributed by atoms with Crippen LogP contribution in [0.5, 0.6) is 0 Å². The second-order valence-corrected chi connectivity index (χ2v) is 7.25. The third-order valence-corrected chi connectivity index (χ3v) is 4.91. The number of hydrogen-bond acceptors (Lipinski definition) is 9. The van der Waals surface area contributed by atoms with E-state index in [2.05, 4.69) is 0 Å². The molecule has 1 saturated heterocycles. The van der Waals surface area contributed by atoms with Crippen molar-refractivity contribution < 1.29 is 48.0 Å². The lowest BCUT2D eigenvalue weighted by molar-refractivity contribution is -0.326. The predicted molar refractivity (Wildman–Crippen MR) is 104 cm³/mol. The molecule has 1 aromatic carbocycles. The molecule has 2 unspecified atom stereocenters. The third kappa shape index (κ3) is 5.93. The number of carboxylic acids is 1. The average Bonchev–Trinajstić information content (AvgIpc) is 2.67. The fourth-order valence-corrected chi connectivity index (χ4v) is 3.53. The molecule has 1 aliphatic heterocycles. The summed E-state index contributed by atoms with van der Waals surface area (Å²) in [4.78, 5) is 46.2. The molecule has 4 atom stereocenters. The van der Waals surface area contributed by atoms with Gasteiger partial charge in [0.25, 0.3) is 0 Å². The number of hydrogen-bond donors (Lipinski definition) is 1. The number of halogens is 1. The van der Waals surface area contributed by atoms with Crippen LogP contribution in [0.15, 0.2) is 18.2 Å². The molecule has 1 aromatic rings. The number of carbonyl (C=O) groups excluding carboxylic acids is 3. The summed E-state index contributed by atoms with van der Waals surface area (Å²) in [6.07, 6.45) is -3.37. The summed E-state index contributed by atoms with van der Waals surface area (Å²) in [5, 5.41) is 9.41. The van der Waals surface area contributed by atoms with Crippen LogP contribution in [0.25, 0.3) is 0 Å². The Bertz CT molecular complexity index is 870. The van der Waals surface area contributed by atoms with Crippen molar-refractivity contribution in [2.75, 3.05) is 13.7 Å². The van der Waals surface area contributed by atoms with Gasteiger partial charge in [-0.2, -0.15) is 0 Å². The van der Waals surface area contributed by atoms with E-state index in [9.17, 15) is 24.3 Å². The zero-order valence-corrected chi connectivity index (χ0v) is 18.1. The summed E-state index contributed by atoms with van der Waals surface area (Å²) in [5.41, 5.74) is 0.0740. The molecule has 0 radical (unpaired) electrons. The minimum atomic E-state index is -1.61. The molecule has 0 bridgehead atoms. The fraction of sp³-hybridized carbons (Fsp3) is 0.500. The molecule has 10 nitrogen and oxygen atoms in total. The fourth-order valence-electron chi connectivity index (χ4n) is 3.34. The Hall–Kier alpha value is -2.69. The molecule has 0 spiro atoms. The van der Waals surface area contributed by atoms with Crippen molar-refractivity contribution in [1.29, 1.82) is 0 Å². The van der Waals surface area contributed by atoms with E-state index in [-0.39, 0.29) is 29.2 Å². The molecule has 0 aromatic heterocycles. The van der Waals surface area contributed by atoms with Crippen LogP contribution in [0.4, 0.5) is 0 Å². The van der Waals surface area contributed by atoms with Crippen molar-refractivity contribution in [1.82, 2.24) is 0 Å². The molecule has 31 heavy (non-hydrogen) atoms. The van der Waals surface area contributed by atoms with Crippen LogP contribution in [0.1, 0.15) is 43.1 Å². The maximum absolute atomic E-state index is 11.7. The quantitative estimate of drug-likeness (QED) is 0.477. The first-order valence-corrected chi connectivity index (χ1v) is 9.61. The predicted octanol–water partition coefficient (Wildman–Crippen LogP) is 2.05. The summed E-state index contributed by atoms with van der Waals surface area (Å²) in [5.74, 6) is -4.80. The van der Waals surface area contributed by atoms with Gasteiger partial charge in [-0.1, -0.05) is 17.7 Å². The number of esters is 3. The average molecular weight is 459 g/mol. The lowest BCUT2D eigenvalue weighted by Crippen LogP contribution is -2.58. The third-order valence-electron chi connectivity index (χ3n) is 4.58. The van der Waals surface area contributed by atoms with Crippen LogP contribution in [0.3, 0.4) is 0 Å². The number of benzene rings is 1. The van der Waals surface area contributed by atoms with Gasteiger partial charge in [0.2, 0.25) is 0 Å². The second kappa shape index (κ2) is 10.1. The van der Waals surface area contributed by atoms with Gasteiger partial charge in [0.15, 0.2) is 11.9 Å². The normalized spacial score (nSPS) is 25.4. The molecule has 2 rings (SSSR count). The Kier molecular flexibility index (Phi) is 7.99. The number of rotatable bonds is 7. The molecular weight excluding hydrogens is 436 g/mol. The number of methoxy groups -OCH3 is 1. The van der Waals surface area contributed by atoms with Crippen LogP contribution in [0.2, 0.25) is 5.02 Å². The van der Waals surface area contributed by atoms with Crippen molar-refractivity contribution in [2.45, 2.75) is 51.3 Å². The van der Waals surface area contributed by atoms with Crippen molar-refractivity contribution in [3.8, 4) is 0 Å². The van der Waals surface area contributed by atoms with Gasteiger partial charge < -0.3 is 28.8 Å². The van der Waals surface area contributed by atoms with Gasteiger partial charge in [0, 0.05) is 39.9 Å². The lowest BCUT2D eigenvalue weighted by atomic mass is 9.89. The highest BCUT2D eigenvalue weighted by Gasteiger charge is 2.52. The SMILES string of the molecule is COC1(c2ccc(Cl)c(C(=O)O)c2)CC(OC(C)=O)[C@H](OC(C)=O)[C@H](COC(C)=O)O1. The second-order valence-electron chi connectivity index (χ2n) is 6.84. The summed E-state index contributed by atoms with van der Waals surface area (Å²) >= 11 is 5.96. The first kappa shape index (κ1) is 24.6. The van der Waals surface area contributed by atoms with E-state index < -0.39 is 48.0 Å². The Balaban J connectivity index is 2.55. The van der Waals surface area contributed by atoms with E-state index in [4.69, 9.17) is 35.3 Å². The van der Waals surface area contributed by atoms with Gasteiger partial charge in [-0.3, -0.25) is 14.4 Å². The minimum absolute atomic E-state index is 0.00380. The van der Waals surface area contributed by atoms with Crippen LogP contribution in [-0.2, 0) is 43.9 Å². The first-order valence-electron chi connectivity index (χ1n) is 9.23. The largest absolute Gasteiger partial charge is 0.478 e. The highest BCUT2D eigenvalue weighted by atomic mass is 35.5. The smallest absolute Gasteiger partial charge is 0.337 e. The van der Waals surface area contributed by atoms with E-state index in [0.717, 1.165) is 0 Å². The highest BCUT2D eigenvalue weighted by Crippen LogP contribution is 2.42. The van der Waals surface area contributed by atoms with Crippen molar-refractivity contribution in [3.05, 3.63) is 34.3 Å². The van der Waals surface area contributed by atoms with Gasteiger partial charge in [-0.25, -0.2) is 4.79 Å². The van der Waals surface area contributed by atoms with Crippen LogP contribution in [0, 0.1) is 0 Å². The number of ether oxygens (including phenoxy) is 5. The monoisotopic (exact) mass is 458 g/mol. The van der Waals surface area contributed by atoms with Gasteiger partial charge in [0.1, 0.15) is 18.8 Å². The lowest BCUT2D eigenvalue weighted by Gasteiger charge is -2.46. The molecule has 1 fully saturated rings. The Morgan fingerprint density at radius 1 is 1.13 bits per heavy atom. The maximum atomic E-state index is 11.7. The van der Waals surface area contributed by atoms with Crippen LogP contribution >= 0.6 is 11.6 Å². The Morgan fingerprint density at radius 2 is 1.77 bits per heavy atom. The summed E-state index contributed by atoms with van der Waals surface area (Å²) in [7, 11) is 1.31. The number of aromatic carboxylic acids is 1. The molecule has 0 aliphatic carbocycles. The molecule has 1 heterocycles. The van der Waals surface area contributed by atoms with Crippen LogP contribution in [-0.4, -0.2) is 61.0 Å². The molecule has 0 saturated carbocycles. The first-order chi connectivity index (χ1) is 14.5. The van der Waals surface area contributed by atoms with Crippen molar-refractivity contribution in [3.63, 3.8) is 0 Å². The van der Waals surface area contributed by atoms with Crippen molar-refractivity contribution in [2.24, 2.45) is 0 Å². The van der Waals surface area contributed by atoms with E-state index in [1.807, 2.05) is 0 Å². The van der Waals surface area contributed by atoms with E-state index in [1.54, 1.807) is 0 Å². The molecule has 170 valence electrons. The summed E-state index contributed by atoms with van der Waals surface area (Å²) in [6.45, 7) is 3.20. The topological polar surface area (TPSA) is 135 Å². The molecular formula is C20H23ClO10. The van der Waals surface area contributed by atoms with Crippen LogP contribution < -0.4 is 0 Å². The van der Waals surface area contributed by atoms with Gasteiger partial charge in [-0.05, 0) is 12.1 Å². The highest BCUT2D eigenvalue weighted by molar-refractivity contribution is 6.33. The Labute approximate surface area is 183 Å². The Morgan fingerprint density at radius 3 is 2.29 bits per heavy atom. The molecule has 1 aliphatic rings. The van der Waals surface area contributed by atoms with Gasteiger partial charge >= 0.3 is 23.9 Å². The van der Waals surface area contributed by atoms with E-state index in [0.29, 0.717) is 0 Å². The zero-order valence-electron chi connectivity index (χ0n) is 17.4. The van der Waals surface area contributed by atoms with Gasteiger partial charge in [-0.15, -0.1) is 0 Å². The standard InChI is InChI=1S/C20H23ClO10/c1-10(22)28-9-17-18(30-12(3)24)16(29-11(2)23)8-20(27-4,31-17)13-5-6-15(21)14(7-13)19(25)26/h5-7,16-18H,8-9H2,1-4H3,(H,25,26)/t16?,17-,18-,20?/m0/s1. The van der Waals surface area contributed by atoms with E-state index >= 15 is 0 Å². The molecule has 1 N–H and O–H groups in total. The zero-order chi connectivity index (χ0) is 23.3. The van der Waals surface area contributed by atoms with Crippen molar-refractivity contribution >= 4 is 35.5 Å². The molecule has 0 amide bonds. The maximum Gasteiger partial charge on any atom is 0.337 e. The van der Waals surface area contributed by atoms with Gasteiger partial charge in [0.05, 0.1) is 10.6 Å². The molecule has 11 heteroatoms. The summed E-state index contributed by atoms with van der Waals surface area (Å²) < 4.78 is 27.4. The number of carboxylic acid groups (broad SMARTS) is 1. The number of carbonyl (C=O) groups is 4. The minimum Gasteiger partial charge on any atom is -0.478 e. The summed E-state index contributed by atoms with van der Waals surface area (Å²) in [6, 6.07) is 4.14.